The number of nitrogens with zero attached hydrogens (tertiary/aromatic N) is 3. The predicted molar refractivity (Wildman–Crippen MR) is 53.5 cm³/mol. The molecule has 0 atom stereocenters. The molecular weight excluding hydrogens is 162 g/mol. The third-order valence-electron chi connectivity index (χ3n) is 2.58. The third kappa shape index (κ3) is 1.67. The molecule has 0 N–H and O–H groups in total. The van der Waals surface area contributed by atoms with Crippen LogP contribution in [0.25, 0.3) is 0 Å². The molecule has 2 aliphatic rings. The van der Waals surface area contributed by atoms with Crippen molar-refractivity contribution in [1.29, 1.82) is 0 Å². The van der Waals surface area contributed by atoms with Gasteiger partial charge < -0.3 is 0 Å². The van der Waals surface area contributed by atoms with Gasteiger partial charge in [0.2, 0.25) is 0 Å². The monoisotopic (exact) mass is 177 g/mol. The van der Waals surface area contributed by atoms with Crippen LogP contribution in [0.15, 0.2) is 23.5 Å². The van der Waals surface area contributed by atoms with E-state index in [9.17, 15) is 0 Å². The molecule has 2 aliphatic heterocycles. The standard InChI is InChI=1S/C10H15N3/c1-9(2)12-7-10(8-12)13-6-4-3-5-11-13/h3-4,6,9-10H,7-8H2,1-2H3. The lowest BCUT2D eigenvalue weighted by Gasteiger charge is -2.45. The number of allylic oxidation sites excluding steroid dienone is 2. The minimum Gasteiger partial charge on any atom is -0.297 e. The lowest BCUT2D eigenvalue weighted by Crippen LogP contribution is -2.58. The van der Waals surface area contributed by atoms with Gasteiger partial charge in [0.25, 0.3) is 0 Å². The fourth-order valence-electron chi connectivity index (χ4n) is 1.59. The highest BCUT2D eigenvalue weighted by Gasteiger charge is 2.32. The van der Waals surface area contributed by atoms with E-state index in [0.29, 0.717) is 12.1 Å². The van der Waals surface area contributed by atoms with Crippen molar-refractivity contribution < 1.29 is 0 Å². The Balaban J connectivity index is 1.87. The highest BCUT2D eigenvalue weighted by molar-refractivity contribution is 5.55. The zero-order valence-corrected chi connectivity index (χ0v) is 8.14. The van der Waals surface area contributed by atoms with Crippen molar-refractivity contribution in [2.45, 2.75) is 25.9 Å². The van der Waals surface area contributed by atoms with E-state index < -0.39 is 0 Å². The normalized spacial score (nSPS) is 22.8. The van der Waals surface area contributed by atoms with Crippen molar-refractivity contribution in [2.75, 3.05) is 13.1 Å². The molecule has 3 nitrogen and oxygen atoms in total. The summed E-state index contributed by atoms with van der Waals surface area (Å²) in [6.07, 6.45) is 5.82. The highest BCUT2D eigenvalue weighted by atomic mass is 15.5. The van der Waals surface area contributed by atoms with Gasteiger partial charge in [-0.1, -0.05) is 0 Å². The van der Waals surface area contributed by atoms with Crippen LogP contribution >= 0.6 is 0 Å². The summed E-state index contributed by atoms with van der Waals surface area (Å²) in [5, 5.41) is 6.16. The molecule has 0 bridgehead atoms. The molecule has 3 heteroatoms. The second kappa shape index (κ2) is 3.36. The van der Waals surface area contributed by atoms with Gasteiger partial charge in [-0.2, -0.15) is 0 Å². The Morgan fingerprint density at radius 3 is 2.77 bits per heavy atom. The average molecular weight is 177 g/mol. The Morgan fingerprint density at radius 2 is 2.23 bits per heavy atom. The zero-order valence-electron chi connectivity index (χ0n) is 8.14. The lowest BCUT2D eigenvalue weighted by molar-refractivity contribution is 0.0385. The predicted octanol–water partition coefficient (Wildman–Crippen LogP) is 1.05. The molecule has 70 valence electrons. The first kappa shape index (κ1) is 8.54. The molecule has 1 fully saturated rings. The van der Waals surface area contributed by atoms with E-state index in [2.05, 4.69) is 29.7 Å². The van der Waals surface area contributed by atoms with Gasteiger partial charge in [-0.3, -0.25) is 9.91 Å². The van der Waals surface area contributed by atoms with Crippen LogP contribution in [-0.2, 0) is 0 Å². The molecule has 0 radical (unpaired) electrons. The van der Waals surface area contributed by atoms with Crippen molar-refractivity contribution in [3.8, 4) is 0 Å². The Kier molecular flexibility index (Phi) is 2.21. The number of hydrogen-bond acceptors (Lipinski definition) is 3. The third-order valence-corrected chi connectivity index (χ3v) is 2.58. The van der Waals surface area contributed by atoms with E-state index in [-0.39, 0.29) is 0 Å². The molecule has 0 aliphatic carbocycles. The van der Waals surface area contributed by atoms with Crippen molar-refractivity contribution in [1.82, 2.24) is 9.91 Å². The number of hydrazone groups is 1. The first-order chi connectivity index (χ1) is 6.27. The molecule has 0 aromatic rings. The van der Waals surface area contributed by atoms with Crippen LogP contribution < -0.4 is 0 Å². The van der Waals surface area contributed by atoms with Crippen LogP contribution in [0.1, 0.15) is 13.8 Å². The van der Waals surface area contributed by atoms with E-state index in [1.54, 1.807) is 0 Å². The summed E-state index contributed by atoms with van der Waals surface area (Å²) in [6.45, 7) is 6.69. The molecule has 0 amide bonds. The average Bonchev–Trinajstić information content (AvgIpc) is 2.02. The first-order valence-electron chi connectivity index (χ1n) is 4.76. The van der Waals surface area contributed by atoms with Crippen LogP contribution in [0, 0.1) is 0 Å². The van der Waals surface area contributed by atoms with Gasteiger partial charge in [-0.15, -0.1) is 5.10 Å². The van der Waals surface area contributed by atoms with Crippen LogP contribution in [0.5, 0.6) is 0 Å². The van der Waals surface area contributed by atoms with Crippen molar-refractivity contribution >= 4 is 5.87 Å². The number of likely N-dealkylation sites (tertiary alicyclic amines) is 1. The van der Waals surface area contributed by atoms with Gasteiger partial charge in [-0.05, 0) is 19.9 Å². The molecule has 2 heterocycles. The smallest absolute Gasteiger partial charge is 0.0780 e. The summed E-state index contributed by atoms with van der Waals surface area (Å²) in [7, 11) is 0. The molecular formula is C10H15N3. The Morgan fingerprint density at radius 1 is 1.46 bits per heavy atom. The molecule has 2 rings (SSSR count). The van der Waals surface area contributed by atoms with E-state index in [0.717, 1.165) is 13.1 Å². The summed E-state index contributed by atoms with van der Waals surface area (Å²) in [5.41, 5.74) is 0. The first-order valence-corrected chi connectivity index (χ1v) is 4.76. The molecule has 0 aromatic heterocycles. The molecule has 1 saturated heterocycles. The molecule has 0 unspecified atom stereocenters. The summed E-state index contributed by atoms with van der Waals surface area (Å²) in [6, 6.07) is 1.21. The van der Waals surface area contributed by atoms with Gasteiger partial charge in [0.15, 0.2) is 0 Å². The summed E-state index contributed by atoms with van der Waals surface area (Å²) in [5.74, 6) is 2.85. The quantitative estimate of drug-likeness (QED) is 0.628. The van der Waals surface area contributed by atoms with Crippen molar-refractivity contribution in [3.63, 3.8) is 0 Å². The molecule has 13 heavy (non-hydrogen) atoms. The molecule has 0 aromatic carbocycles. The molecule has 0 spiro atoms. The Hall–Kier alpha value is -1.05. The van der Waals surface area contributed by atoms with Gasteiger partial charge >= 0.3 is 0 Å². The van der Waals surface area contributed by atoms with Gasteiger partial charge in [0, 0.05) is 37.3 Å². The van der Waals surface area contributed by atoms with Gasteiger partial charge in [0.05, 0.1) is 6.04 Å². The maximum Gasteiger partial charge on any atom is 0.0780 e. The van der Waals surface area contributed by atoms with Gasteiger partial charge in [0.1, 0.15) is 0 Å². The summed E-state index contributed by atoms with van der Waals surface area (Å²) < 4.78 is 0. The minimum absolute atomic E-state index is 0.555. The lowest BCUT2D eigenvalue weighted by atomic mass is 10.1. The highest BCUT2D eigenvalue weighted by Crippen LogP contribution is 2.18. The fourth-order valence-corrected chi connectivity index (χ4v) is 1.59. The zero-order chi connectivity index (χ0) is 9.26. The van der Waals surface area contributed by atoms with E-state index >= 15 is 0 Å². The van der Waals surface area contributed by atoms with Crippen molar-refractivity contribution in [2.24, 2.45) is 5.10 Å². The van der Waals surface area contributed by atoms with E-state index in [1.165, 1.54) is 0 Å². The number of hydrogen-bond donors (Lipinski definition) is 0. The summed E-state index contributed by atoms with van der Waals surface area (Å²) in [4.78, 5) is 2.44. The van der Waals surface area contributed by atoms with E-state index in [4.69, 9.17) is 0 Å². The van der Waals surface area contributed by atoms with Crippen LogP contribution in [0.3, 0.4) is 0 Å². The maximum atomic E-state index is 4.16. The Bertz CT molecular complexity index is 268. The second-order valence-corrected chi connectivity index (χ2v) is 3.82. The topological polar surface area (TPSA) is 18.8 Å². The fraction of sp³-hybridized carbons (Fsp3) is 0.600. The second-order valence-electron chi connectivity index (χ2n) is 3.82. The van der Waals surface area contributed by atoms with E-state index in [1.807, 2.05) is 23.4 Å². The largest absolute Gasteiger partial charge is 0.297 e. The minimum atomic E-state index is 0.555. The van der Waals surface area contributed by atoms with Crippen LogP contribution in [0.4, 0.5) is 0 Å². The molecule has 0 saturated carbocycles. The van der Waals surface area contributed by atoms with Crippen molar-refractivity contribution in [3.05, 3.63) is 18.4 Å². The van der Waals surface area contributed by atoms with Crippen LogP contribution in [-0.4, -0.2) is 41.0 Å². The van der Waals surface area contributed by atoms with Gasteiger partial charge in [-0.25, -0.2) is 0 Å². The van der Waals surface area contributed by atoms with Crippen LogP contribution in [0.2, 0.25) is 0 Å². The summed E-state index contributed by atoms with van der Waals surface area (Å²) >= 11 is 0. The number of rotatable bonds is 2. The SMILES string of the molecule is CC(C)N1CC(N2C=CC=C=N2)C1. The Labute approximate surface area is 79.0 Å². The maximum absolute atomic E-state index is 4.16.